The Hall–Kier alpha value is -4.01. The number of carbonyl (C=O) groups is 2. The fourth-order valence-electron chi connectivity index (χ4n) is 3.47. The topological polar surface area (TPSA) is 106 Å². The van der Waals surface area contributed by atoms with Crippen molar-refractivity contribution in [2.45, 2.75) is 6.29 Å². The number of carboxylic acids is 1. The fraction of sp³-hybridized carbons (Fsp3) is 0.190. The summed E-state index contributed by atoms with van der Waals surface area (Å²) < 4.78 is 5.32. The van der Waals surface area contributed by atoms with Gasteiger partial charge < -0.3 is 30.3 Å². The lowest BCUT2D eigenvalue weighted by atomic mass is 10.1. The van der Waals surface area contributed by atoms with Crippen LogP contribution in [0.5, 0.6) is 5.75 Å². The molecule has 30 heavy (non-hydrogen) atoms. The first-order chi connectivity index (χ1) is 14.4. The number of anilines is 2. The van der Waals surface area contributed by atoms with Crippen LogP contribution in [0.3, 0.4) is 0 Å². The average Bonchev–Trinajstić information content (AvgIpc) is 2.84. The van der Waals surface area contributed by atoms with E-state index >= 15 is 0 Å². The van der Waals surface area contributed by atoms with Gasteiger partial charge in [-0.1, -0.05) is 12.1 Å². The zero-order valence-electron chi connectivity index (χ0n) is 16.7. The zero-order chi connectivity index (χ0) is 21.4. The van der Waals surface area contributed by atoms with E-state index in [0.717, 1.165) is 5.69 Å². The quantitative estimate of drug-likeness (QED) is 0.713. The Balaban J connectivity index is 1.68. The molecule has 2 heterocycles. The van der Waals surface area contributed by atoms with Gasteiger partial charge in [0.05, 0.1) is 29.6 Å². The van der Waals surface area contributed by atoms with Crippen molar-refractivity contribution in [1.29, 1.82) is 0 Å². The molecular weight excluding hydrogens is 386 g/mol. The largest absolute Gasteiger partial charge is 0.495 e. The molecule has 2 aromatic carbocycles. The number of aromatic carboxylic acids is 1. The molecule has 4 rings (SSSR count). The van der Waals surface area contributed by atoms with E-state index in [1.165, 1.54) is 19.2 Å². The van der Waals surface area contributed by atoms with Gasteiger partial charge >= 0.3 is 5.97 Å². The predicted octanol–water partition coefficient (Wildman–Crippen LogP) is 2.15. The summed E-state index contributed by atoms with van der Waals surface area (Å²) in [6.07, 6.45) is 1.18. The number of aliphatic imine (C=N–C) groups is 1. The highest BCUT2D eigenvalue weighted by atomic mass is 16.5. The third kappa shape index (κ3) is 3.20. The number of methoxy groups -OCH3 is 1. The molecule has 0 bridgehead atoms. The van der Waals surface area contributed by atoms with E-state index < -0.39 is 12.3 Å². The highest BCUT2D eigenvalue weighted by molar-refractivity contribution is 6.18. The van der Waals surface area contributed by atoms with Crippen molar-refractivity contribution in [3.05, 3.63) is 65.5 Å². The third-order valence-corrected chi connectivity index (χ3v) is 5.08. The van der Waals surface area contributed by atoms with Crippen LogP contribution in [0.25, 0.3) is 0 Å². The van der Waals surface area contributed by atoms with Gasteiger partial charge in [0.25, 0.3) is 5.91 Å². The van der Waals surface area contributed by atoms with Crippen LogP contribution in [0.1, 0.15) is 20.7 Å². The first-order valence-corrected chi connectivity index (χ1v) is 9.23. The second-order valence-electron chi connectivity index (χ2n) is 6.86. The molecule has 0 fully saturated rings. The van der Waals surface area contributed by atoms with Gasteiger partial charge in [0.1, 0.15) is 11.4 Å². The summed E-state index contributed by atoms with van der Waals surface area (Å²) in [5.41, 5.74) is 2.71. The summed E-state index contributed by atoms with van der Waals surface area (Å²) in [7, 11) is 5.05. The molecule has 0 aromatic heterocycles. The molecule has 0 saturated carbocycles. The van der Waals surface area contributed by atoms with Crippen molar-refractivity contribution >= 4 is 29.1 Å². The number of ether oxygens (including phenoxy) is 1. The number of rotatable bonds is 4. The van der Waals surface area contributed by atoms with Crippen molar-refractivity contribution in [3.63, 3.8) is 0 Å². The highest BCUT2D eigenvalue weighted by Crippen LogP contribution is 2.30. The lowest BCUT2D eigenvalue weighted by Gasteiger charge is -2.30. The second-order valence-corrected chi connectivity index (χ2v) is 6.86. The number of hydrogen-bond acceptors (Lipinski definition) is 7. The number of nitrogens with one attached hydrogen (secondary N) is 2. The second kappa shape index (κ2) is 7.43. The van der Waals surface area contributed by atoms with Gasteiger partial charge in [-0.15, -0.1) is 0 Å². The number of carboxylic acid groups (broad SMARTS) is 1. The maximum absolute atomic E-state index is 12.9. The summed E-state index contributed by atoms with van der Waals surface area (Å²) in [5.74, 6) is -0.144. The number of fused-ring (bicyclic) bond motifs is 2. The lowest BCUT2D eigenvalue weighted by molar-refractivity contribution is 0.0696. The van der Waals surface area contributed by atoms with E-state index in [2.05, 4.69) is 10.6 Å². The first kappa shape index (κ1) is 19.3. The van der Waals surface area contributed by atoms with Crippen molar-refractivity contribution in [1.82, 2.24) is 10.2 Å². The van der Waals surface area contributed by atoms with Crippen molar-refractivity contribution < 1.29 is 19.4 Å². The molecule has 0 radical (unpaired) electrons. The molecule has 0 spiro atoms. The summed E-state index contributed by atoms with van der Waals surface area (Å²) in [4.78, 5) is 32.3. The van der Waals surface area contributed by atoms with Crippen LogP contribution in [0.15, 0.2) is 59.4 Å². The number of hydrogen-bond donors (Lipinski definition) is 3. The average molecular weight is 407 g/mol. The van der Waals surface area contributed by atoms with Crippen molar-refractivity contribution in [2.24, 2.45) is 4.99 Å². The Kier molecular flexibility index (Phi) is 4.78. The number of amidine groups is 1. The Labute approximate surface area is 173 Å². The van der Waals surface area contributed by atoms with E-state index in [1.807, 2.05) is 30.1 Å². The predicted molar refractivity (Wildman–Crippen MR) is 113 cm³/mol. The number of benzene rings is 2. The number of likely N-dealkylation sites (N-methyl/N-ethyl adjacent to an activating group) is 2. The van der Waals surface area contributed by atoms with Gasteiger partial charge in [-0.05, 0) is 30.3 Å². The van der Waals surface area contributed by atoms with Crippen LogP contribution >= 0.6 is 0 Å². The third-order valence-electron chi connectivity index (χ3n) is 5.08. The zero-order valence-corrected chi connectivity index (χ0v) is 16.7. The highest BCUT2D eigenvalue weighted by Gasteiger charge is 2.33. The molecule has 1 amide bonds. The summed E-state index contributed by atoms with van der Waals surface area (Å²) in [6.45, 7) is 0. The molecule has 3 N–H and O–H groups in total. The minimum atomic E-state index is -1.03. The molecule has 1 unspecified atom stereocenters. The number of nitrogens with zero attached hydrogens (tertiary/aromatic N) is 3. The number of carbonyl (C=O) groups excluding carboxylic acids is 1. The molecule has 2 aromatic rings. The van der Waals surface area contributed by atoms with Gasteiger partial charge in [-0.25, -0.2) is 9.79 Å². The maximum Gasteiger partial charge on any atom is 0.335 e. The van der Waals surface area contributed by atoms with Crippen LogP contribution in [-0.2, 0) is 0 Å². The van der Waals surface area contributed by atoms with Gasteiger partial charge in [-0.2, -0.15) is 0 Å². The summed E-state index contributed by atoms with van der Waals surface area (Å²) in [5, 5.41) is 15.5. The SMILES string of the molecule is COc1cc(C(=O)O)ccc1NC1N=C2C(=CN1)N(C)C(=O)c1ccccc1N2C. The maximum atomic E-state index is 12.9. The van der Waals surface area contributed by atoms with Gasteiger partial charge in [0.2, 0.25) is 0 Å². The minimum absolute atomic E-state index is 0.118. The van der Waals surface area contributed by atoms with Crippen molar-refractivity contribution in [2.75, 3.05) is 31.4 Å². The fourth-order valence-corrected chi connectivity index (χ4v) is 3.47. The van der Waals surface area contributed by atoms with Crippen molar-refractivity contribution in [3.8, 4) is 5.75 Å². The van der Waals surface area contributed by atoms with Gasteiger partial charge in [0.15, 0.2) is 12.1 Å². The molecule has 0 saturated heterocycles. The monoisotopic (exact) mass is 407 g/mol. The Bertz CT molecular complexity index is 1090. The normalized spacial score (nSPS) is 17.7. The van der Waals surface area contributed by atoms with Crippen LogP contribution < -0.4 is 20.3 Å². The molecule has 9 nitrogen and oxygen atoms in total. The van der Waals surface area contributed by atoms with Gasteiger partial charge in [-0.3, -0.25) is 4.79 Å². The molecule has 0 aliphatic carbocycles. The summed E-state index contributed by atoms with van der Waals surface area (Å²) >= 11 is 0. The smallest absolute Gasteiger partial charge is 0.335 e. The summed E-state index contributed by atoms with van der Waals surface area (Å²) in [6, 6.07) is 12.0. The minimum Gasteiger partial charge on any atom is -0.495 e. The Morgan fingerprint density at radius 2 is 1.97 bits per heavy atom. The van der Waals surface area contributed by atoms with E-state index in [9.17, 15) is 14.7 Å². The molecule has 2 aliphatic rings. The van der Waals surface area contributed by atoms with E-state index in [1.54, 1.807) is 30.3 Å². The van der Waals surface area contributed by atoms with E-state index in [-0.39, 0.29) is 11.5 Å². The number of para-hydroxylation sites is 1. The molecule has 9 heteroatoms. The first-order valence-electron chi connectivity index (χ1n) is 9.23. The van der Waals surface area contributed by atoms with Crippen LogP contribution in [0, 0.1) is 0 Å². The standard InChI is InChI=1S/C21H21N5O4/c1-25-15-7-5-4-6-13(15)19(27)26(2)16-11-22-21(24-18(16)25)23-14-9-8-12(20(28)29)10-17(14)30-3/h4-11,21-23H,1-3H3,(H,28,29). The van der Waals surface area contributed by atoms with E-state index in [0.29, 0.717) is 28.5 Å². The number of amides is 1. The molecule has 154 valence electrons. The van der Waals surface area contributed by atoms with E-state index in [4.69, 9.17) is 9.73 Å². The Morgan fingerprint density at radius 3 is 2.70 bits per heavy atom. The van der Waals surface area contributed by atoms with Crippen LogP contribution in [-0.4, -0.2) is 55.2 Å². The molecule has 1 atom stereocenters. The van der Waals surface area contributed by atoms with Gasteiger partial charge in [0, 0.05) is 20.3 Å². The molecular formula is C21H21N5O4. The Morgan fingerprint density at radius 1 is 1.20 bits per heavy atom. The lowest BCUT2D eigenvalue weighted by Crippen LogP contribution is -2.43. The molecule has 2 aliphatic heterocycles. The van der Waals surface area contributed by atoms with Crippen LogP contribution in [0.2, 0.25) is 0 Å². The van der Waals surface area contributed by atoms with Crippen LogP contribution in [0.4, 0.5) is 11.4 Å².